The van der Waals surface area contributed by atoms with Gasteiger partial charge in [0.2, 0.25) is 5.66 Å². The van der Waals surface area contributed by atoms with Crippen LogP contribution in [0.2, 0.25) is 0 Å². The van der Waals surface area contributed by atoms with E-state index in [-0.39, 0.29) is 5.84 Å². The summed E-state index contributed by atoms with van der Waals surface area (Å²) in [7, 11) is 2.75. The number of amidine groups is 1. The van der Waals surface area contributed by atoms with Gasteiger partial charge in [0.05, 0.1) is 5.97 Å². The molecule has 15 heavy (non-hydrogen) atoms. The molecule has 0 spiro atoms. The van der Waals surface area contributed by atoms with Gasteiger partial charge in [0, 0.05) is 14.1 Å². The average Bonchev–Trinajstić information content (AvgIpc) is 2.43. The van der Waals surface area contributed by atoms with E-state index in [2.05, 4.69) is 15.5 Å². The molecule has 1 fully saturated rings. The third kappa shape index (κ3) is 0.901. The number of aliphatic imine (C=N–C) groups is 1. The Balaban J connectivity index is 2.61. The van der Waals surface area contributed by atoms with Crippen molar-refractivity contribution in [1.29, 1.82) is 0 Å². The first-order chi connectivity index (χ1) is 7.01. The summed E-state index contributed by atoms with van der Waals surface area (Å²) in [6.07, 6.45) is 1.11. The highest BCUT2D eigenvalue weighted by Crippen LogP contribution is 2.28. The summed E-state index contributed by atoms with van der Waals surface area (Å²) in [5, 5.41) is 14.8. The molecule has 0 aromatic rings. The van der Waals surface area contributed by atoms with Crippen LogP contribution < -0.4 is 10.5 Å². The first-order valence-electron chi connectivity index (χ1n) is 4.12. The Bertz CT molecular complexity index is 403. The fourth-order valence-corrected chi connectivity index (χ4v) is 1.63. The lowest BCUT2D eigenvalue weighted by molar-refractivity contribution is -0.313. The lowest BCUT2D eigenvalue weighted by Gasteiger charge is -2.32. The van der Waals surface area contributed by atoms with E-state index in [0.29, 0.717) is 0 Å². The second-order valence-corrected chi connectivity index (χ2v) is 3.18. The van der Waals surface area contributed by atoms with Gasteiger partial charge in [-0.15, -0.1) is 0 Å². The summed E-state index contributed by atoms with van der Waals surface area (Å²) in [5.74, 6) is -1.49. The number of nitrogens with one attached hydrogen (secondary N) is 1. The molecule has 1 saturated heterocycles. The van der Waals surface area contributed by atoms with Gasteiger partial charge in [-0.25, -0.2) is 9.79 Å². The van der Waals surface area contributed by atoms with Crippen molar-refractivity contribution in [2.45, 2.75) is 5.66 Å². The van der Waals surface area contributed by atoms with Gasteiger partial charge in [0.1, 0.15) is 6.34 Å². The zero-order valence-electron chi connectivity index (χ0n) is 8.09. The van der Waals surface area contributed by atoms with Gasteiger partial charge in [0.15, 0.2) is 5.84 Å². The number of carbonyl (C=O) groups excluding carboxylic acids is 2. The van der Waals surface area contributed by atoms with Crippen molar-refractivity contribution in [2.24, 2.45) is 10.1 Å². The Kier molecular flexibility index (Phi) is 1.69. The number of carbonyl (C=O) groups is 2. The van der Waals surface area contributed by atoms with Crippen LogP contribution in [0.1, 0.15) is 0 Å². The van der Waals surface area contributed by atoms with Crippen LogP contribution in [-0.4, -0.2) is 53.7 Å². The van der Waals surface area contributed by atoms with E-state index in [0.717, 1.165) is 16.1 Å². The van der Waals surface area contributed by atoms with Crippen molar-refractivity contribution in [3.05, 3.63) is 0 Å². The summed E-state index contributed by atoms with van der Waals surface area (Å²) >= 11 is 0. The molecule has 2 aliphatic rings. The second kappa shape index (κ2) is 2.69. The third-order valence-corrected chi connectivity index (χ3v) is 2.45. The molecule has 1 atom stereocenters. The number of likely N-dealkylation sites (N-methyl/N-ethyl adjacent to an activating group) is 2. The largest absolute Gasteiger partial charge is 0.545 e. The first kappa shape index (κ1) is 9.44. The van der Waals surface area contributed by atoms with Crippen molar-refractivity contribution >= 4 is 24.2 Å². The Morgan fingerprint density at radius 2 is 2.27 bits per heavy atom. The van der Waals surface area contributed by atoms with E-state index in [1.165, 1.54) is 14.1 Å². The maximum absolute atomic E-state index is 11.6. The van der Waals surface area contributed by atoms with Crippen molar-refractivity contribution < 1.29 is 14.7 Å². The molecule has 8 heteroatoms. The van der Waals surface area contributed by atoms with Crippen molar-refractivity contribution in [3.63, 3.8) is 0 Å². The van der Waals surface area contributed by atoms with Crippen LogP contribution in [0.5, 0.6) is 0 Å². The van der Waals surface area contributed by atoms with Crippen molar-refractivity contribution in [3.8, 4) is 0 Å². The molecule has 2 aliphatic heterocycles. The molecule has 2 rings (SSSR count). The minimum Gasteiger partial charge on any atom is -0.545 e. The van der Waals surface area contributed by atoms with Gasteiger partial charge in [-0.3, -0.25) is 15.2 Å². The second-order valence-electron chi connectivity index (χ2n) is 3.18. The van der Waals surface area contributed by atoms with Gasteiger partial charge in [-0.1, -0.05) is 0 Å². The SMILES string of the molecule is CN1C(=O)N(C)[C@@]2(C(=O)[O-])N=CNN=C12. The minimum atomic E-state index is -1.84. The van der Waals surface area contributed by atoms with Gasteiger partial charge in [-0.2, -0.15) is 5.10 Å². The number of hydrazone groups is 1. The monoisotopic (exact) mass is 210 g/mol. The van der Waals surface area contributed by atoms with E-state index in [1.54, 1.807) is 0 Å². The van der Waals surface area contributed by atoms with Crippen LogP contribution in [0.3, 0.4) is 0 Å². The Morgan fingerprint density at radius 1 is 1.60 bits per heavy atom. The smallest absolute Gasteiger partial charge is 0.327 e. The molecule has 2 amide bonds. The van der Waals surface area contributed by atoms with E-state index >= 15 is 0 Å². The molecular formula is C7H8N5O3-. The van der Waals surface area contributed by atoms with Crippen LogP contribution in [0.25, 0.3) is 0 Å². The number of amides is 2. The highest BCUT2D eigenvalue weighted by molar-refractivity contribution is 6.20. The highest BCUT2D eigenvalue weighted by Gasteiger charge is 2.55. The van der Waals surface area contributed by atoms with Gasteiger partial charge in [-0.05, 0) is 0 Å². The fraction of sp³-hybridized carbons (Fsp3) is 0.429. The number of hydrogen-bond donors (Lipinski definition) is 1. The zero-order valence-corrected chi connectivity index (χ0v) is 8.09. The molecule has 1 N–H and O–H groups in total. The van der Waals surface area contributed by atoms with E-state index in [9.17, 15) is 14.7 Å². The zero-order chi connectivity index (χ0) is 11.2. The number of carboxylic acid groups (broad SMARTS) is 1. The molecule has 80 valence electrons. The maximum atomic E-state index is 11.6. The van der Waals surface area contributed by atoms with Crippen molar-refractivity contribution in [2.75, 3.05) is 14.1 Å². The Morgan fingerprint density at radius 3 is 2.80 bits per heavy atom. The van der Waals surface area contributed by atoms with Crippen molar-refractivity contribution in [1.82, 2.24) is 15.2 Å². The van der Waals surface area contributed by atoms with Crippen LogP contribution >= 0.6 is 0 Å². The molecule has 0 unspecified atom stereocenters. The number of fused-ring (bicyclic) bond motifs is 1. The molecule has 0 saturated carbocycles. The predicted octanol–water partition coefficient (Wildman–Crippen LogP) is -2.63. The van der Waals surface area contributed by atoms with Crippen LogP contribution in [0, 0.1) is 0 Å². The number of rotatable bonds is 1. The number of carboxylic acids is 1. The summed E-state index contributed by atoms with van der Waals surface area (Å²) in [6.45, 7) is 0. The lowest BCUT2D eigenvalue weighted by atomic mass is 10.1. The minimum absolute atomic E-state index is 0.00231. The fourth-order valence-electron chi connectivity index (χ4n) is 1.63. The number of hydrogen-bond acceptors (Lipinski definition) is 6. The Hall–Kier alpha value is -2.12. The molecule has 0 bridgehead atoms. The first-order valence-corrected chi connectivity index (χ1v) is 4.12. The number of urea groups is 1. The molecule has 2 heterocycles. The normalized spacial score (nSPS) is 28.7. The van der Waals surface area contributed by atoms with E-state index in [1.807, 2.05) is 0 Å². The molecular weight excluding hydrogens is 202 g/mol. The van der Waals surface area contributed by atoms with E-state index in [4.69, 9.17) is 0 Å². The standard InChI is InChI=1S/C7H9N5O3/c1-11-4-7(5(13)14,8-3-9-10-4)12(2)6(11)15/h3H,1-2H3,(H,8,9)(H,13,14)/p-1/t7-/m0/s1. The highest BCUT2D eigenvalue weighted by atomic mass is 16.4. The summed E-state index contributed by atoms with van der Waals surface area (Å²) in [6, 6.07) is -0.501. The van der Waals surface area contributed by atoms with Crippen LogP contribution in [0.4, 0.5) is 4.79 Å². The summed E-state index contributed by atoms with van der Waals surface area (Å²) in [5.41, 5.74) is 0.556. The number of nitrogens with zero attached hydrogens (tertiary/aromatic N) is 4. The molecule has 0 aromatic heterocycles. The van der Waals surface area contributed by atoms with Crippen LogP contribution in [0.15, 0.2) is 10.1 Å². The van der Waals surface area contributed by atoms with Gasteiger partial charge in [0.25, 0.3) is 0 Å². The third-order valence-electron chi connectivity index (χ3n) is 2.45. The van der Waals surface area contributed by atoms with Crippen LogP contribution in [-0.2, 0) is 4.79 Å². The summed E-state index contributed by atoms with van der Waals surface area (Å²) in [4.78, 5) is 28.5. The average molecular weight is 210 g/mol. The maximum Gasteiger partial charge on any atom is 0.327 e. The molecule has 0 aromatic carbocycles. The Labute approximate surface area is 84.9 Å². The molecule has 0 radical (unpaired) electrons. The van der Waals surface area contributed by atoms with Gasteiger partial charge >= 0.3 is 6.03 Å². The topological polar surface area (TPSA) is 100 Å². The lowest BCUT2D eigenvalue weighted by Crippen LogP contribution is -2.60. The quantitative estimate of drug-likeness (QED) is 0.511. The van der Waals surface area contributed by atoms with E-state index < -0.39 is 17.7 Å². The predicted molar refractivity (Wildman–Crippen MR) is 47.7 cm³/mol. The summed E-state index contributed by atoms with van der Waals surface area (Å²) < 4.78 is 0. The molecule has 0 aliphatic carbocycles. The molecule has 8 nitrogen and oxygen atoms in total. The van der Waals surface area contributed by atoms with Gasteiger partial charge < -0.3 is 9.90 Å². The number of aliphatic carboxylic acids is 1.